The summed E-state index contributed by atoms with van der Waals surface area (Å²) in [6.45, 7) is 4.08. The summed E-state index contributed by atoms with van der Waals surface area (Å²) in [4.78, 5) is 11.4. The first kappa shape index (κ1) is 13.9. The van der Waals surface area contributed by atoms with E-state index >= 15 is 0 Å². The van der Waals surface area contributed by atoms with E-state index in [2.05, 4.69) is 5.32 Å². The molecule has 1 aliphatic heterocycles. The summed E-state index contributed by atoms with van der Waals surface area (Å²) in [5.74, 6) is 0.367. The molecule has 0 saturated carbocycles. The lowest BCUT2D eigenvalue weighted by Crippen LogP contribution is -2.41. The van der Waals surface area contributed by atoms with Crippen molar-refractivity contribution in [2.24, 2.45) is 5.92 Å². The van der Waals surface area contributed by atoms with Crippen LogP contribution in [0.4, 0.5) is 4.79 Å². The predicted molar refractivity (Wildman–Crippen MR) is 72.8 cm³/mol. The Hall–Kier alpha value is -1.55. The second kappa shape index (κ2) is 6.06. The normalized spacial score (nSPS) is 24.1. The van der Waals surface area contributed by atoms with Crippen molar-refractivity contribution in [3.63, 3.8) is 0 Å². The van der Waals surface area contributed by atoms with Crippen molar-refractivity contribution in [3.8, 4) is 0 Å². The number of alkyl carbamates (subject to hydrolysis) is 1. The fraction of sp³-hybridized carbons (Fsp3) is 0.533. The number of aliphatic hydroxyl groups excluding tert-OH is 1. The third kappa shape index (κ3) is 3.70. The van der Waals surface area contributed by atoms with Crippen LogP contribution in [-0.4, -0.2) is 29.4 Å². The first-order valence-electron chi connectivity index (χ1n) is 6.75. The van der Waals surface area contributed by atoms with Crippen LogP contribution in [0.2, 0.25) is 0 Å². The van der Waals surface area contributed by atoms with Crippen LogP contribution in [0.3, 0.4) is 0 Å². The highest BCUT2D eigenvalue weighted by molar-refractivity contribution is 5.70. The topological polar surface area (TPSA) is 58.6 Å². The van der Waals surface area contributed by atoms with Gasteiger partial charge in [-0.1, -0.05) is 44.2 Å². The monoisotopic (exact) mass is 263 g/mol. The molecule has 0 bridgehead atoms. The molecular weight excluding hydrogens is 242 g/mol. The second-order valence-corrected chi connectivity index (χ2v) is 5.51. The van der Waals surface area contributed by atoms with Gasteiger partial charge in [0.15, 0.2) is 0 Å². The second-order valence-electron chi connectivity index (χ2n) is 5.51. The lowest BCUT2D eigenvalue weighted by molar-refractivity contribution is 0.00793. The van der Waals surface area contributed by atoms with E-state index < -0.39 is 18.3 Å². The number of hydrogen-bond donors (Lipinski definition) is 2. The lowest BCUT2D eigenvalue weighted by atomic mass is 9.94. The Morgan fingerprint density at radius 3 is 2.63 bits per heavy atom. The molecule has 1 heterocycles. The van der Waals surface area contributed by atoms with Crippen molar-refractivity contribution in [1.29, 1.82) is 0 Å². The van der Waals surface area contributed by atoms with E-state index in [1.807, 2.05) is 44.2 Å². The quantitative estimate of drug-likeness (QED) is 0.855. The van der Waals surface area contributed by atoms with Crippen molar-refractivity contribution >= 4 is 6.09 Å². The van der Waals surface area contributed by atoms with Crippen LogP contribution in [0.1, 0.15) is 25.8 Å². The molecule has 3 atom stereocenters. The molecule has 1 amide bonds. The number of amides is 1. The highest BCUT2D eigenvalue weighted by atomic mass is 16.6. The first-order chi connectivity index (χ1) is 9.06. The Morgan fingerprint density at radius 2 is 2.00 bits per heavy atom. The molecule has 19 heavy (non-hydrogen) atoms. The highest BCUT2D eigenvalue weighted by Gasteiger charge is 2.38. The number of cyclic esters (lactones) is 1. The Morgan fingerprint density at radius 1 is 1.32 bits per heavy atom. The molecule has 1 aliphatic rings. The Balaban J connectivity index is 2.03. The fourth-order valence-electron chi connectivity index (χ4n) is 2.47. The Kier molecular flexibility index (Phi) is 4.43. The van der Waals surface area contributed by atoms with Crippen LogP contribution in [0, 0.1) is 5.92 Å². The fourth-order valence-corrected chi connectivity index (χ4v) is 2.47. The number of carbonyl (C=O) groups excluding carboxylic acids is 1. The van der Waals surface area contributed by atoms with Gasteiger partial charge in [-0.05, 0) is 24.3 Å². The van der Waals surface area contributed by atoms with E-state index in [4.69, 9.17) is 4.74 Å². The molecule has 1 saturated heterocycles. The van der Waals surface area contributed by atoms with Gasteiger partial charge in [0.2, 0.25) is 0 Å². The van der Waals surface area contributed by atoms with Crippen molar-refractivity contribution < 1.29 is 14.6 Å². The summed E-state index contributed by atoms with van der Waals surface area (Å²) in [7, 11) is 0. The summed E-state index contributed by atoms with van der Waals surface area (Å²) < 4.78 is 5.21. The number of rotatable bonds is 5. The average molecular weight is 263 g/mol. The van der Waals surface area contributed by atoms with Crippen molar-refractivity contribution in [2.45, 2.75) is 44.9 Å². The third-order valence-corrected chi connectivity index (χ3v) is 3.33. The molecule has 2 rings (SSSR count). The standard InChI is InChI=1S/C15H21NO3/c1-10(2)8-13(17)14-12(16-15(18)19-14)9-11-6-4-3-5-7-11/h3-7,10,12-14,17H,8-9H2,1-2H3,(H,16,18)/t12-,13+,14-/m0/s1. The molecule has 0 spiro atoms. The van der Waals surface area contributed by atoms with Crippen LogP contribution >= 0.6 is 0 Å². The average Bonchev–Trinajstić information content (AvgIpc) is 2.71. The Bertz CT molecular complexity index is 419. The molecule has 1 aromatic rings. The van der Waals surface area contributed by atoms with Crippen LogP contribution < -0.4 is 5.32 Å². The number of benzene rings is 1. The smallest absolute Gasteiger partial charge is 0.407 e. The van der Waals surface area contributed by atoms with Gasteiger partial charge in [0.05, 0.1) is 12.1 Å². The lowest BCUT2D eigenvalue weighted by Gasteiger charge is -2.23. The van der Waals surface area contributed by atoms with Gasteiger partial charge >= 0.3 is 6.09 Å². The van der Waals surface area contributed by atoms with Crippen LogP contribution in [-0.2, 0) is 11.2 Å². The molecule has 1 fully saturated rings. The summed E-state index contributed by atoms with van der Waals surface area (Å²) in [5, 5.41) is 13.0. The summed E-state index contributed by atoms with van der Waals surface area (Å²) >= 11 is 0. The van der Waals surface area contributed by atoms with E-state index in [1.165, 1.54) is 0 Å². The minimum absolute atomic E-state index is 0.163. The van der Waals surface area contributed by atoms with Gasteiger partial charge in [-0.15, -0.1) is 0 Å². The number of aliphatic hydroxyl groups is 1. The van der Waals surface area contributed by atoms with E-state index in [0.29, 0.717) is 18.8 Å². The molecule has 2 N–H and O–H groups in total. The van der Waals surface area contributed by atoms with E-state index in [0.717, 1.165) is 5.56 Å². The number of ether oxygens (including phenoxy) is 1. The van der Waals surface area contributed by atoms with Gasteiger partial charge in [0, 0.05) is 0 Å². The molecule has 0 unspecified atom stereocenters. The van der Waals surface area contributed by atoms with Crippen molar-refractivity contribution in [2.75, 3.05) is 0 Å². The maximum Gasteiger partial charge on any atom is 0.407 e. The third-order valence-electron chi connectivity index (χ3n) is 3.33. The maximum atomic E-state index is 11.4. The number of carbonyl (C=O) groups is 1. The molecule has 1 aromatic carbocycles. The first-order valence-corrected chi connectivity index (χ1v) is 6.75. The van der Waals surface area contributed by atoms with Gasteiger partial charge in [-0.2, -0.15) is 0 Å². The van der Waals surface area contributed by atoms with Gasteiger partial charge in [-0.3, -0.25) is 0 Å². The zero-order valence-electron chi connectivity index (χ0n) is 11.4. The Labute approximate surface area is 113 Å². The van der Waals surface area contributed by atoms with Gasteiger partial charge in [0.1, 0.15) is 6.10 Å². The van der Waals surface area contributed by atoms with Crippen molar-refractivity contribution in [3.05, 3.63) is 35.9 Å². The summed E-state index contributed by atoms with van der Waals surface area (Å²) in [6, 6.07) is 9.74. The molecular formula is C15H21NO3. The minimum atomic E-state index is -0.618. The molecule has 4 heteroatoms. The maximum absolute atomic E-state index is 11.4. The van der Waals surface area contributed by atoms with Crippen molar-refractivity contribution in [1.82, 2.24) is 5.32 Å². The summed E-state index contributed by atoms with van der Waals surface area (Å²) in [6.07, 6.45) is -0.214. The van der Waals surface area contributed by atoms with Crippen LogP contribution in [0.15, 0.2) is 30.3 Å². The predicted octanol–water partition coefficient (Wildman–Crippen LogP) is 2.11. The molecule has 0 radical (unpaired) electrons. The van der Waals surface area contributed by atoms with E-state index in [9.17, 15) is 9.90 Å². The number of nitrogens with one attached hydrogen (secondary N) is 1. The minimum Gasteiger partial charge on any atom is -0.441 e. The van der Waals surface area contributed by atoms with Gasteiger partial charge < -0.3 is 15.2 Å². The highest BCUT2D eigenvalue weighted by Crippen LogP contribution is 2.21. The molecule has 104 valence electrons. The van der Waals surface area contributed by atoms with Crippen LogP contribution in [0.5, 0.6) is 0 Å². The molecule has 0 aromatic heterocycles. The van der Waals surface area contributed by atoms with Crippen LogP contribution in [0.25, 0.3) is 0 Å². The van der Waals surface area contributed by atoms with E-state index in [-0.39, 0.29) is 6.04 Å². The SMILES string of the molecule is CC(C)C[C@@H](O)[C@H]1OC(=O)N[C@H]1Cc1ccccc1. The van der Waals surface area contributed by atoms with E-state index in [1.54, 1.807) is 0 Å². The summed E-state index contributed by atoms with van der Waals surface area (Å²) in [5.41, 5.74) is 1.13. The largest absolute Gasteiger partial charge is 0.441 e. The zero-order chi connectivity index (χ0) is 13.8. The zero-order valence-corrected chi connectivity index (χ0v) is 11.4. The van der Waals surface area contributed by atoms with Gasteiger partial charge in [0.25, 0.3) is 0 Å². The van der Waals surface area contributed by atoms with Gasteiger partial charge in [-0.25, -0.2) is 4.79 Å². The molecule has 0 aliphatic carbocycles. The molecule has 4 nitrogen and oxygen atoms in total. The number of hydrogen-bond acceptors (Lipinski definition) is 3.